The third-order valence-corrected chi connectivity index (χ3v) is 4.38. The van der Waals surface area contributed by atoms with Gasteiger partial charge in [0.25, 0.3) is 0 Å². The largest absolute Gasteiger partial charge is 0.489 e. The van der Waals surface area contributed by atoms with E-state index in [2.05, 4.69) is 0 Å². The summed E-state index contributed by atoms with van der Waals surface area (Å²) < 4.78 is 19.7. The Morgan fingerprint density at radius 2 is 2.17 bits per heavy atom. The summed E-state index contributed by atoms with van der Waals surface area (Å²) >= 11 is 4.90. The SMILES string of the molecule is NC(=S)c1c(F)cccc1OC1CC2CCC1C2. The minimum atomic E-state index is -0.400. The molecule has 3 atom stereocenters. The Bertz CT molecular complexity index is 491. The number of hydrogen-bond acceptors (Lipinski definition) is 2. The smallest absolute Gasteiger partial charge is 0.137 e. The molecule has 2 aliphatic carbocycles. The third kappa shape index (κ3) is 1.99. The van der Waals surface area contributed by atoms with E-state index in [1.807, 2.05) is 0 Å². The predicted octanol–water partition coefficient (Wildman–Crippen LogP) is 3.03. The summed E-state index contributed by atoms with van der Waals surface area (Å²) in [6, 6.07) is 4.76. The first-order valence-electron chi connectivity index (χ1n) is 6.40. The molecule has 0 aliphatic heterocycles. The monoisotopic (exact) mass is 265 g/mol. The second kappa shape index (κ2) is 4.50. The Hall–Kier alpha value is -1.16. The lowest BCUT2D eigenvalue weighted by Crippen LogP contribution is -2.25. The number of benzene rings is 1. The van der Waals surface area contributed by atoms with Crippen LogP contribution >= 0.6 is 12.2 Å². The summed E-state index contributed by atoms with van der Waals surface area (Å²) in [7, 11) is 0. The van der Waals surface area contributed by atoms with Gasteiger partial charge < -0.3 is 10.5 Å². The molecule has 2 nitrogen and oxygen atoms in total. The maximum atomic E-state index is 13.7. The topological polar surface area (TPSA) is 35.2 Å². The lowest BCUT2D eigenvalue weighted by molar-refractivity contribution is 0.137. The molecule has 0 saturated heterocycles. The Morgan fingerprint density at radius 3 is 2.78 bits per heavy atom. The van der Waals surface area contributed by atoms with Crippen molar-refractivity contribution in [2.45, 2.75) is 31.8 Å². The molecule has 96 valence electrons. The van der Waals surface area contributed by atoms with Gasteiger partial charge in [0.15, 0.2) is 0 Å². The molecule has 2 N–H and O–H groups in total. The van der Waals surface area contributed by atoms with Gasteiger partial charge in [0.1, 0.15) is 22.7 Å². The summed E-state index contributed by atoms with van der Waals surface area (Å²) in [5, 5.41) is 0. The molecule has 0 aromatic heterocycles. The molecule has 2 saturated carbocycles. The van der Waals surface area contributed by atoms with Crippen LogP contribution < -0.4 is 10.5 Å². The van der Waals surface area contributed by atoms with Gasteiger partial charge >= 0.3 is 0 Å². The van der Waals surface area contributed by atoms with Gasteiger partial charge in [-0.15, -0.1) is 0 Å². The molecule has 18 heavy (non-hydrogen) atoms. The van der Waals surface area contributed by atoms with E-state index in [9.17, 15) is 4.39 Å². The van der Waals surface area contributed by atoms with Gasteiger partial charge in [0.05, 0.1) is 5.56 Å². The molecular formula is C14H16FNOS. The highest BCUT2D eigenvalue weighted by Crippen LogP contribution is 2.46. The second-order valence-electron chi connectivity index (χ2n) is 5.31. The van der Waals surface area contributed by atoms with Crippen LogP contribution in [0, 0.1) is 17.7 Å². The molecule has 1 aromatic carbocycles. The average molecular weight is 265 g/mol. The number of thiocarbonyl (C=S) groups is 1. The molecule has 2 bridgehead atoms. The van der Waals surface area contributed by atoms with Gasteiger partial charge in [0, 0.05) is 0 Å². The number of rotatable bonds is 3. The van der Waals surface area contributed by atoms with E-state index in [0.717, 1.165) is 12.3 Å². The standard InChI is InChI=1S/C14H16FNOS/c15-10-2-1-3-11(13(10)14(16)18)17-12-7-8-4-5-9(12)6-8/h1-3,8-9,12H,4-7H2,(H2,16,18). The number of nitrogens with two attached hydrogens (primary N) is 1. The van der Waals surface area contributed by atoms with Crippen LogP contribution in [0.5, 0.6) is 5.75 Å². The molecule has 4 heteroatoms. The zero-order valence-corrected chi connectivity index (χ0v) is 10.9. The number of ether oxygens (including phenoxy) is 1. The molecule has 0 radical (unpaired) electrons. The first-order valence-corrected chi connectivity index (χ1v) is 6.81. The predicted molar refractivity (Wildman–Crippen MR) is 72.2 cm³/mol. The molecular weight excluding hydrogens is 249 g/mol. The van der Waals surface area contributed by atoms with Gasteiger partial charge in [-0.2, -0.15) is 0 Å². The van der Waals surface area contributed by atoms with Gasteiger partial charge in [-0.25, -0.2) is 4.39 Å². The number of hydrogen-bond donors (Lipinski definition) is 1. The fourth-order valence-electron chi connectivity index (χ4n) is 3.34. The van der Waals surface area contributed by atoms with Crippen molar-refractivity contribution >= 4 is 17.2 Å². The van der Waals surface area contributed by atoms with E-state index in [-0.39, 0.29) is 16.7 Å². The molecule has 2 aliphatic rings. The third-order valence-electron chi connectivity index (χ3n) is 4.17. The Morgan fingerprint density at radius 1 is 1.33 bits per heavy atom. The first kappa shape index (κ1) is 11.9. The van der Waals surface area contributed by atoms with Crippen molar-refractivity contribution in [1.29, 1.82) is 0 Å². The lowest BCUT2D eigenvalue weighted by Gasteiger charge is -2.24. The molecule has 3 rings (SSSR count). The highest BCUT2D eigenvalue weighted by Gasteiger charge is 2.41. The summed E-state index contributed by atoms with van der Waals surface area (Å²) in [6.45, 7) is 0. The first-order chi connectivity index (χ1) is 8.65. The zero-order valence-electron chi connectivity index (χ0n) is 10.1. The zero-order chi connectivity index (χ0) is 12.7. The Balaban J connectivity index is 1.84. The van der Waals surface area contributed by atoms with Crippen molar-refractivity contribution in [3.8, 4) is 5.75 Å². The number of fused-ring (bicyclic) bond motifs is 2. The van der Waals surface area contributed by atoms with Crippen LogP contribution in [0.1, 0.15) is 31.2 Å². The van der Waals surface area contributed by atoms with E-state index in [1.54, 1.807) is 12.1 Å². The van der Waals surface area contributed by atoms with Crippen LogP contribution in [0.4, 0.5) is 4.39 Å². The normalized spacial score (nSPS) is 29.5. The molecule has 0 spiro atoms. The second-order valence-corrected chi connectivity index (χ2v) is 5.75. The molecule has 3 unspecified atom stereocenters. The lowest BCUT2D eigenvalue weighted by atomic mass is 9.97. The minimum Gasteiger partial charge on any atom is -0.489 e. The van der Waals surface area contributed by atoms with Crippen molar-refractivity contribution < 1.29 is 9.13 Å². The quantitative estimate of drug-likeness (QED) is 0.853. The van der Waals surface area contributed by atoms with Crippen molar-refractivity contribution in [1.82, 2.24) is 0 Å². The average Bonchev–Trinajstić information content (AvgIpc) is 2.90. The minimum absolute atomic E-state index is 0.0613. The van der Waals surface area contributed by atoms with E-state index in [4.69, 9.17) is 22.7 Å². The molecule has 2 fully saturated rings. The van der Waals surface area contributed by atoms with Crippen LogP contribution in [-0.2, 0) is 0 Å². The van der Waals surface area contributed by atoms with Crippen molar-refractivity contribution in [2.24, 2.45) is 17.6 Å². The fraction of sp³-hybridized carbons (Fsp3) is 0.500. The van der Waals surface area contributed by atoms with Crippen LogP contribution in [0.25, 0.3) is 0 Å². The van der Waals surface area contributed by atoms with Crippen molar-refractivity contribution in [3.63, 3.8) is 0 Å². The van der Waals surface area contributed by atoms with Crippen molar-refractivity contribution in [3.05, 3.63) is 29.6 Å². The summed E-state index contributed by atoms with van der Waals surface area (Å²) in [6.07, 6.45) is 5.09. The maximum Gasteiger partial charge on any atom is 0.137 e. The highest BCUT2D eigenvalue weighted by molar-refractivity contribution is 7.80. The van der Waals surface area contributed by atoms with Gasteiger partial charge in [-0.1, -0.05) is 18.3 Å². The van der Waals surface area contributed by atoms with Crippen LogP contribution in [0.3, 0.4) is 0 Å². The van der Waals surface area contributed by atoms with E-state index in [0.29, 0.717) is 11.7 Å². The van der Waals surface area contributed by atoms with Gasteiger partial charge in [-0.05, 0) is 49.7 Å². The highest BCUT2D eigenvalue weighted by atomic mass is 32.1. The molecule has 0 amide bonds. The Labute approximate surface area is 111 Å². The van der Waals surface area contributed by atoms with Crippen LogP contribution in [0.15, 0.2) is 18.2 Å². The molecule has 0 heterocycles. The van der Waals surface area contributed by atoms with Crippen LogP contribution in [0.2, 0.25) is 0 Å². The van der Waals surface area contributed by atoms with Gasteiger partial charge in [0.2, 0.25) is 0 Å². The number of halogens is 1. The van der Waals surface area contributed by atoms with Crippen LogP contribution in [-0.4, -0.2) is 11.1 Å². The van der Waals surface area contributed by atoms with Gasteiger partial charge in [-0.3, -0.25) is 0 Å². The summed E-state index contributed by atoms with van der Waals surface area (Å²) in [5.41, 5.74) is 5.82. The summed E-state index contributed by atoms with van der Waals surface area (Å²) in [4.78, 5) is 0.0613. The Kier molecular flexibility index (Phi) is 2.98. The van der Waals surface area contributed by atoms with E-state index >= 15 is 0 Å². The molecule has 1 aromatic rings. The fourth-order valence-corrected chi connectivity index (χ4v) is 3.53. The van der Waals surface area contributed by atoms with Crippen molar-refractivity contribution in [2.75, 3.05) is 0 Å². The van der Waals surface area contributed by atoms with E-state index < -0.39 is 5.82 Å². The maximum absolute atomic E-state index is 13.7. The van der Waals surface area contributed by atoms with E-state index in [1.165, 1.54) is 25.3 Å². The summed E-state index contributed by atoms with van der Waals surface area (Å²) in [5.74, 6) is 1.52.